The number of phenolic OH excluding ortho intramolecular Hbond substituents is 12. The molecule has 0 aliphatic carbocycles. The summed E-state index contributed by atoms with van der Waals surface area (Å²) >= 11 is 0. The van der Waals surface area contributed by atoms with Gasteiger partial charge in [0.15, 0.2) is 46.0 Å². The number of para-hydroxylation sites is 2. The number of benzene rings is 9. The minimum absolute atomic E-state index is 0.00689. The topological polar surface area (TPSA) is 252 Å². The average molecular weight is 936 g/mol. The van der Waals surface area contributed by atoms with Gasteiger partial charge >= 0.3 is 0 Å². The molecule has 0 atom stereocenters. The van der Waals surface area contributed by atoms with Crippen LogP contribution < -0.4 is 20.2 Å². The third kappa shape index (κ3) is 7.96. The Morgan fingerprint density at radius 3 is 0.800 bits per heavy atom. The molecule has 0 saturated carbocycles. The minimum Gasteiger partial charge on any atom is -0.506 e. The van der Waals surface area contributed by atoms with E-state index >= 15 is 0 Å². The van der Waals surface area contributed by atoms with Crippen LogP contribution in [0, 0.1) is 0 Å². The Hall–Kier alpha value is -9.96. The van der Waals surface area contributed by atoms with E-state index < -0.39 is 68.9 Å². The summed E-state index contributed by atoms with van der Waals surface area (Å²) in [7, 11) is 1.61. The number of anilines is 9. The molecule has 0 aromatic heterocycles. The number of rotatable bonds is 11. The number of aromatic hydroxyl groups is 12. The van der Waals surface area contributed by atoms with Crippen LogP contribution in [0.3, 0.4) is 0 Å². The Kier molecular flexibility index (Phi) is 11.6. The zero-order valence-corrected chi connectivity index (χ0v) is 36.9. The van der Waals surface area contributed by atoms with Crippen LogP contribution in [0.1, 0.15) is 0 Å². The highest BCUT2D eigenvalue weighted by Crippen LogP contribution is 2.58. The van der Waals surface area contributed by atoms with Crippen molar-refractivity contribution in [1.82, 2.24) is 0 Å². The van der Waals surface area contributed by atoms with Crippen LogP contribution in [-0.4, -0.2) is 69.1 Å². The molecule has 15 nitrogen and oxygen atoms in total. The van der Waals surface area contributed by atoms with Crippen LogP contribution in [0.25, 0.3) is 22.3 Å². The van der Waals surface area contributed by atoms with Crippen molar-refractivity contribution in [3.63, 3.8) is 0 Å². The van der Waals surface area contributed by atoms with Gasteiger partial charge in [-0.1, -0.05) is 84.9 Å². The maximum atomic E-state index is 11.2. The third-order valence-electron chi connectivity index (χ3n) is 11.8. The van der Waals surface area contributed by atoms with Crippen LogP contribution in [0.15, 0.2) is 170 Å². The normalized spacial score (nSPS) is 11.0. The molecule has 348 valence electrons. The number of hydrogen-bond donors (Lipinski definition) is 12. The van der Waals surface area contributed by atoms with Crippen LogP contribution in [0.5, 0.6) is 69.0 Å². The van der Waals surface area contributed by atoms with Gasteiger partial charge in [0.1, 0.15) is 30.7 Å². The molecule has 0 aliphatic rings. The summed E-state index contributed by atoms with van der Waals surface area (Å²) in [6.45, 7) is 0. The Bertz CT molecular complexity index is 3120. The molecule has 0 radical (unpaired) electrons. The molecular weight excluding hydrogens is 893 g/mol. The molecular formula is C54H42BN3O12. The van der Waals surface area contributed by atoms with E-state index in [0.717, 1.165) is 17.2 Å². The first kappa shape index (κ1) is 45.2. The highest BCUT2D eigenvalue weighted by atomic mass is 16.4. The second-order valence-electron chi connectivity index (χ2n) is 16.2. The molecule has 0 spiro atoms. The van der Waals surface area contributed by atoms with E-state index in [2.05, 4.69) is 0 Å². The first-order valence-electron chi connectivity index (χ1n) is 21.5. The Morgan fingerprint density at radius 2 is 0.486 bits per heavy atom. The van der Waals surface area contributed by atoms with Gasteiger partial charge in [0.25, 0.3) is 0 Å². The second-order valence-corrected chi connectivity index (χ2v) is 16.2. The number of phenols is 12. The smallest absolute Gasteiger partial charge is 0.208 e. The molecule has 0 heterocycles. The fraction of sp³-hybridized carbons (Fsp3) is 0. The number of nitrogens with zero attached hydrogens (tertiary/aromatic N) is 3. The van der Waals surface area contributed by atoms with Gasteiger partial charge < -0.3 is 76.0 Å². The van der Waals surface area contributed by atoms with Crippen molar-refractivity contribution in [3.05, 3.63) is 170 Å². The predicted octanol–water partition coefficient (Wildman–Crippen LogP) is 10.2. The van der Waals surface area contributed by atoms with Crippen molar-refractivity contribution in [3.8, 4) is 91.2 Å². The molecule has 16 heteroatoms. The molecule has 0 saturated heterocycles. The fourth-order valence-electron chi connectivity index (χ4n) is 8.28. The SMILES string of the molecule is Bc1cc(O)c(O)c(N(c2ccccc2)c2ccc(-c3ccc(N(c4ccc(-c5ccc(N(c6ccccc6)c6c(O)c(O)cc(O)c6O)cc5)cc4)c4c(O)c(O)c(O)c(O)c4O)cc3)cc2)c1O. The predicted molar refractivity (Wildman–Crippen MR) is 270 cm³/mol. The van der Waals surface area contributed by atoms with E-state index in [1.807, 2.05) is 18.2 Å². The van der Waals surface area contributed by atoms with E-state index in [1.54, 1.807) is 152 Å². The van der Waals surface area contributed by atoms with Crippen molar-refractivity contribution < 1.29 is 61.3 Å². The fourth-order valence-corrected chi connectivity index (χ4v) is 8.28. The highest BCUT2D eigenvalue weighted by molar-refractivity contribution is 6.35. The van der Waals surface area contributed by atoms with Gasteiger partial charge in [-0.15, -0.1) is 0 Å². The molecule has 0 unspecified atom stereocenters. The molecule has 0 amide bonds. The van der Waals surface area contributed by atoms with Crippen molar-refractivity contribution >= 4 is 64.5 Å². The maximum Gasteiger partial charge on any atom is 0.208 e. The largest absolute Gasteiger partial charge is 0.506 e. The van der Waals surface area contributed by atoms with E-state index in [1.165, 1.54) is 15.9 Å². The maximum absolute atomic E-state index is 11.2. The van der Waals surface area contributed by atoms with Gasteiger partial charge in [-0.2, -0.15) is 0 Å². The van der Waals surface area contributed by atoms with Crippen LogP contribution in [0.2, 0.25) is 0 Å². The summed E-state index contributed by atoms with van der Waals surface area (Å²) in [6, 6.07) is 47.7. The van der Waals surface area contributed by atoms with Gasteiger partial charge in [0, 0.05) is 40.2 Å². The average Bonchev–Trinajstić information content (AvgIpc) is 3.38. The summed E-state index contributed by atoms with van der Waals surface area (Å²) in [4.78, 5) is 4.46. The van der Waals surface area contributed by atoms with Crippen molar-refractivity contribution in [1.29, 1.82) is 0 Å². The Balaban J connectivity index is 1.06. The molecule has 9 rings (SSSR count). The van der Waals surface area contributed by atoms with Gasteiger partial charge in [-0.25, -0.2) is 0 Å². The van der Waals surface area contributed by atoms with E-state index in [0.29, 0.717) is 50.7 Å². The monoisotopic (exact) mass is 935 g/mol. The van der Waals surface area contributed by atoms with Crippen LogP contribution >= 0.6 is 0 Å². The molecule has 0 bridgehead atoms. The summed E-state index contributed by atoms with van der Waals surface area (Å²) in [6.07, 6.45) is 0. The minimum atomic E-state index is -1.12. The zero-order valence-electron chi connectivity index (χ0n) is 36.9. The molecule has 0 aliphatic heterocycles. The van der Waals surface area contributed by atoms with Crippen LogP contribution in [0.4, 0.5) is 51.2 Å². The van der Waals surface area contributed by atoms with E-state index in [9.17, 15) is 61.3 Å². The summed E-state index contributed by atoms with van der Waals surface area (Å²) in [5, 5.41) is 129. The summed E-state index contributed by atoms with van der Waals surface area (Å²) in [5.74, 6) is -8.81. The molecule has 12 N–H and O–H groups in total. The molecule has 9 aromatic rings. The molecule has 9 aromatic carbocycles. The van der Waals surface area contributed by atoms with Crippen molar-refractivity contribution in [2.24, 2.45) is 0 Å². The second kappa shape index (κ2) is 18.0. The zero-order chi connectivity index (χ0) is 49.5. The highest BCUT2D eigenvalue weighted by Gasteiger charge is 2.30. The Morgan fingerprint density at radius 1 is 0.243 bits per heavy atom. The standard InChI is InChI=1S/C54H42BN3O12/c55-39-27-40(59)47(63)43(46(39)62)56(33-7-3-1-4-8-33)35-19-11-29(12-20-35)31-15-23-37(24-16-31)58(45-50(66)52(68)54(70)53(69)51(45)67)38-25-17-32(18-26-38)30-13-21-36(22-14-30)57(34-9-5-2-6-10-34)44-48(64)41(60)28-42(61)49(44)65/h1-28,59-70H,55H2. The van der Waals surface area contributed by atoms with Gasteiger partial charge in [0.05, 0.1) is 0 Å². The molecule has 0 fully saturated rings. The first-order chi connectivity index (χ1) is 33.6. The Labute approximate surface area is 400 Å². The van der Waals surface area contributed by atoms with Crippen molar-refractivity contribution in [2.75, 3.05) is 14.7 Å². The third-order valence-corrected chi connectivity index (χ3v) is 11.8. The lowest BCUT2D eigenvalue weighted by Gasteiger charge is -2.28. The van der Waals surface area contributed by atoms with Gasteiger partial charge in [-0.3, -0.25) is 0 Å². The lowest BCUT2D eigenvalue weighted by Crippen LogP contribution is -2.14. The summed E-state index contributed by atoms with van der Waals surface area (Å²) < 4.78 is 0. The van der Waals surface area contributed by atoms with E-state index in [4.69, 9.17) is 0 Å². The van der Waals surface area contributed by atoms with Gasteiger partial charge in [-0.05, 0) is 107 Å². The number of hydrogen-bond acceptors (Lipinski definition) is 15. The summed E-state index contributed by atoms with van der Waals surface area (Å²) in [5.41, 5.74) is 5.31. The lowest BCUT2D eigenvalue weighted by atomic mass is 9.93. The molecule has 70 heavy (non-hydrogen) atoms. The first-order valence-corrected chi connectivity index (χ1v) is 21.5. The van der Waals surface area contributed by atoms with Crippen LogP contribution in [-0.2, 0) is 0 Å². The lowest BCUT2D eigenvalue weighted by molar-refractivity contribution is 0.329. The van der Waals surface area contributed by atoms with Crippen molar-refractivity contribution in [2.45, 2.75) is 0 Å². The van der Waals surface area contributed by atoms with E-state index in [-0.39, 0.29) is 17.1 Å². The van der Waals surface area contributed by atoms with Gasteiger partial charge in [0.2, 0.25) is 17.2 Å². The quantitative estimate of drug-likeness (QED) is 0.0327.